The quantitative estimate of drug-likeness (QED) is 0.188. The molecule has 4 nitrogen and oxygen atoms in total. The van der Waals surface area contributed by atoms with Gasteiger partial charge >= 0.3 is 0 Å². The molecule has 0 N–H and O–H groups in total. The molecule has 5 aromatic carbocycles. The van der Waals surface area contributed by atoms with Gasteiger partial charge in [-0.2, -0.15) is 0 Å². The van der Waals surface area contributed by atoms with Crippen LogP contribution in [0.4, 0.5) is 0 Å². The summed E-state index contributed by atoms with van der Waals surface area (Å²) in [6.07, 6.45) is 8.41. The fraction of sp³-hybridized carbons (Fsp3) is 0.186. The highest BCUT2D eigenvalue weighted by atomic mass is 16.3. The lowest BCUT2D eigenvalue weighted by Gasteiger charge is -2.42. The maximum Gasteiger partial charge on any atom is 0.182 e. The summed E-state index contributed by atoms with van der Waals surface area (Å²) in [4.78, 5) is 14.8. The number of aromatic nitrogens is 3. The van der Waals surface area contributed by atoms with Gasteiger partial charge in [0.25, 0.3) is 0 Å². The number of hydrogen-bond acceptors (Lipinski definition) is 4. The predicted octanol–water partition coefficient (Wildman–Crippen LogP) is 11.2. The molecule has 0 spiro atoms. The first-order chi connectivity index (χ1) is 23.3. The lowest BCUT2D eigenvalue weighted by molar-refractivity contribution is 0.145. The molecule has 2 heterocycles. The molecular weight excluding hydrogens is 574 g/mol. The van der Waals surface area contributed by atoms with Crippen molar-refractivity contribution < 1.29 is 4.42 Å². The zero-order chi connectivity index (χ0) is 31.2. The van der Waals surface area contributed by atoms with E-state index in [1.54, 1.807) is 6.39 Å². The third-order valence-electron chi connectivity index (χ3n) is 10.5. The highest BCUT2D eigenvalue weighted by Crippen LogP contribution is 2.51. The molecule has 3 aliphatic carbocycles. The van der Waals surface area contributed by atoms with Crippen LogP contribution in [0.15, 0.2) is 138 Å². The monoisotopic (exact) mass is 609 g/mol. The number of nitrogens with zero attached hydrogens (tertiary/aromatic N) is 3. The molecular formula is C43H35N3O. The van der Waals surface area contributed by atoms with E-state index in [-0.39, 0.29) is 0 Å². The van der Waals surface area contributed by atoms with Crippen molar-refractivity contribution in [2.75, 3.05) is 0 Å². The van der Waals surface area contributed by atoms with Crippen molar-refractivity contribution in [3.63, 3.8) is 0 Å². The minimum atomic E-state index is 0.590. The van der Waals surface area contributed by atoms with Crippen LogP contribution in [0.2, 0.25) is 0 Å². The molecule has 0 saturated heterocycles. The minimum absolute atomic E-state index is 0.590. The maximum atomic E-state index is 6.11. The van der Waals surface area contributed by atoms with Crippen LogP contribution in [-0.4, -0.2) is 15.0 Å². The van der Waals surface area contributed by atoms with Crippen molar-refractivity contribution in [3.05, 3.63) is 139 Å². The molecule has 1 atom stereocenters. The lowest BCUT2D eigenvalue weighted by atomic mass is 9.62. The molecule has 0 aliphatic heterocycles. The minimum Gasteiger partial charge on any atom is -0.443 e. The zero-order valence-corrected chi connectivity index (χ0v) is 26.2. The van der Waals surface area contributed by atoms with Crippen LogP contribution in [0.3, 0.4) is 0 Å². The molecule has 10 rings (SSSR count). The SMILES string of the molecule is c1ccc(-c2cc(-c3cccc(-c4cccc(-c5ccc(C6CC7CCC6CC7)c6ocnc56)c4)c3)nc(-c3ccccc3)n2)cc1. The molecule has 4 heteroatoms. The fourth-order valence-electron chi connectivity index (χ4n) is 8.05. The van der Waals surface area contributed by atoms with Gasteiger partial charge in [0.1, 0.15) is 5.52 Å². The Bertz CT molecular complexity index is 2140. The van der Waals surface area contributed by atoms with E-state index in [9.17, 15) is 0 Å². The molecule has 7 aromatic rings. The molecule has 47 heavy (non-hydrogen) atoms. The van der Waals surface area contributed by atoms with Crippen LogP contribution in [0.5, 0.6) is 0 Å². The molecule has 0 amide bonds. The largest absolute Gasteiger partial charge is 0.443 e. The molecule has 2 bridgehead atoms. The first-order valence-corrected chi connectivity index (χ1v) is 16.8. The van der Waals surface area contributed by atoms with Crippen molar-refractivity contribution in [1.82, 2.24) is 15.0 Å². The summed E-state index contributed by atoms with van der Waals surface area (Å²) in [6.45, 7) is 0. The van der Waals surface area contributed by atoms with E-state index in [4.69, 9.17) is 19.4 Å². The normalized spacial score (nSPS) is 18.9. The van der Waals surface area contributed by atoms with Gasteiger partial charge in [0.2, 0.25) is 0 Å². The number of benzene rings is 5. The van der Waals surface area contributed by atoms with Crippen molar-refractivity contribution in [2.45, 2.75) is 38.0 Å². The van der Waals surface area contributed by atoms with Gasteiger partial charge in [-0.25, -0.2) is 15.0 Å². The van der Waals surface area contributed by atoms with Crippen molar-refractivity contribution in [3.8, 4) is 56.2 Å². The lowest BCUT2D eigenvalue weighted by Crippen LogP contribution is -2.29. The third kappa shape index (κ3) is 5.24. The Morgan fingerprint density at radius 1 is 0.532 bits per heavy atom. The molecule has 3 fully saturated rings. The first-order valence-electron chi connectivity index (χ1n) is 16.8. The first kappa shape index (κ1) is 27.9. The summed E-state index contributed by atoms with van der Waals surface area (Å²) in [5, 5.41) is 0. The summed E-state index contributed by atoms with van der Waals surface area (Å²) >= 11 is 0. The second-order valence-corrected chi connectivity index (χ2v) is 13.2. The van der Waals surface area contributed by atoms with Crippen LogP contribution in [0.25, 0.3) is 67.3 Å². The number of hydrogen-bond donors (Lipinski definition) is 0. The zero-order valence-electron chi connectivity index (χ0n) is 26.2. The van der Waals surface area contributed by atoms with Gasteiger partial charge in [0.05, 0.1) is 11.4 Å². The third-order valence-corrected chi connectivity index (χ3v) is 10.5. The number of fused-ring (bicyclic) bond motifs is 4. The molecule has 3 saturated carbocycles. The van der Waals surface area contributed by atoms with Gasteiger partial charge in [-0.3, -0.25) is 0 Å². The Hall–Kier alpha value is -5.35. The van der Waals surface area contributed by atoms with Crippen LogP contribution >= 0.6 is 0 Å². The van der Waals surface area contributed by atoms with E-state index in [0.29, 0.717) is 5.92 Å². The van der Waals surface area contributed by atoms with Crippen LogP contribution in [0, 0.1) is 11.8 Å². The van der Waals surface area contributed by atoms with Gasteiger partial charge in [-0.05, 0) is 71.9 Å². The molecule has 228 valence electrons. The standard InChI is InChI=1S/C43H35N3O/c1-3-9-30(10-4-1)39-26-40(46-43(45-39)31-11-5-2-6-12-31)35-16-8-14-33(25-35)32-13-7-15-34(24-32)36-21-22-37(42-41(36)44-27-47-42)38-23-28-17-19-29(38)20-18-28/h1-16,21-22,24-29,38H,17-20,23H2. The Balaban J connectivity index is 1.09. The van der Waals surface area contributed by atoms with E-state index in [2.05, 4.69) is 91.0 Å². The van der Waals surface area contributed by atoms with Crippen molar-refractivity contribution >= 4 is 11.1 Å². The fourth-order valence-corrected chi connectivity index (χ4v) is 8.05. The van der Waals surface area contributed by atoms with Gasteiger partial charge < -0.3 is 4.42 Å². The van der Waals surface area contributed by atoms with Gasteiger partial charge in [-0.1, -0.05) is 122 Å². The van der Waals surface area contributed by atoms with E-state index < -0.39 is 0 Å². The Morgan fingerprint density at radius 2 is 1.15 bits per heavy atom. The Labute approximate surface area is 275 Å². The summed E-state index contributed by atoms with van der Waals surface area (Å²) in [5.74, 6) is 2.95. The van der Waals surface area contributed by atoms with Crippen molar-refractivity contribution in [1.29, 1.82) is 0 Å². The van der Waals surface area contributed by atoms with Crippen LogP contribution in [0.1, 0.15) is 43.6 Å². The Morgan fingerprint density at radius 3 is 1.85 bits per heavy atom. The second kappa shape index (κ2) is 11.8. The van der Waals surface area contributed by atoms with E-state index in [0.717, 1.165) is 79.1 Å². The molecule has 0 radical (unpaired) electrons. The topological polar surface area (TPSA) is 51.8 Å². The summed E-state index contributed by atoms with van der Waals surface area (Å²) < 4.78 is 6.11. The number of oxazole rings is 1. The highest BCUT2D eigenvalue weighted by molar-refractivity contribution is 5.93. The molecule has 2 aromatic heterocycles. The predicted molar refractivity (Wildman–Crippen MR) is 190 cm³/mol. The van der Waals surface area contributed by atoms with Crippen LogP contribution in [-0.2, 0) is 0 Å². The second-order valence-electron chi connectivity index (χ2n) is 13.2. The smallest absolute Gasteiger partial charge is 0.182 e. The number of rotatable bonds is 6. The van der Waals surface area contributed by atoms with E-state index in [1.165, 1.54) is 37.7 Å². The Kier molecular flexibility index (Phi) is 7.00. The van der Waals surface area contributed by atoms with Gasteiger partial charge in [0.15, 0.2) is 17.8 Å². The average Bonchev–Trinajstić information content (AvgIpc) is 3.66. The summed E-state index contributed by atoms with van der Waals surface area (Å²) in [5.41, 5.74) is 12.8. The average molecular weight is 610 g/mol. The van der Waals surface area contributed by atoms with Crippen molar-refractivity contribution in [2.24, 2.45) is 11.8 Å². The van der Waals surface area contributed by atoms with Gasteiger partial charge in [-0.15, -0.1) is 0 Å². The summed E-state index contributed by atoms with van der Waals surface area (Å²) in [6, 6.07) is 44.7. The highest BCUT2D eigenvalue weighted by Gasteiger charge is 2.37. The van der Waals surface area contributed by atoms with E-state index in [1.807, 2.05) is 36.4 Å². The molecule has 3 aliphatic rings. The summed E-state index contributed by atoms with van der Waals surface area (Å²) in [7, 11) is 0. The van der Waals surface area contributed by atoms with Crippen LogP contribution < -0.4 is 0 Å². The maximum absolute atomic E-state index is 6.11. The molecule has 1 unspecified atom stereocenters. The van der Waals surface area contributed by atoms with Gasteiger partial charge in [0, 0.05) is 27.8 Å². The van der Waals surface area contributed by atoms with E-state index >= 15 is 0 Å².